The van der Waals surface area contributed by atoms with Gasteiger partial charge < -0.3 is 5.11 Å². The minimum absolute atomic E-state index is 0.0101. The first-order valence-corrected chi connectivity index (χ1v) is 15.3. The van der Waals surface area contributed by atoms with Gasteiger partial charge in [0.1, 0.15) is 5.82 Å². The molecular formula is C30H32Cl2FNO3S. The monoisotopic (exact) mass is 575 g/mol. The molecule has 8 heteroatoms. The van der Waals surface area contributed by atoms with Gasteiger partial charge in [0.15, 0.2) is 5.78 Å². The molecule has 0 unspecified atom stereocenters. The molecule has 3 atom stereocenters. The van der Waals surface area contributed by atoms with Crippen molar-refractivity contribution in [3.05, 3.63) is 63.4 Å². The van der Waals surface area contributed by atoms with Crippen LogP contribution in [0.15, 0.2) is 41.3 Å². The summed E-state index contributed by atoms with van der Waals surface area (Å²) in [5.41, 5.74) is -0.628. The van der Waals surface area contributed by atoms with Gasteiger partial charge in [0.2, 0.25) is 5.12 Å². The van der Waals surface area contributed by atoms with Crippen molar-refractivity contribution in [3.8, 4) is 0 Å². The number of nitrogens with one attached hydrogen (secondary N) is 1. The summed E-state index contributed by atoms with van der Waals surface area (Å²) in [5, 5.41) is 14.2. The number of thioether (sulfide) groups is 1. The number of ketones is 1. The highest BCUT2D eigenvalue weighted by molar-refractivity contribution is 8.14. The zero-order valence-electron chi connectivity index (χ0n) is 21.2. The van der Waals surface area contributed by atoms with E-state index in [4.69, 9.17) is 23.2 Å². The Kier molecular flexibility index (Phi) is 7.18. The minimum atomic E-state index is -1.12. The SMILES string of the molecule is O=C(CC1CCC(O)CC1)[C@@H]1NC2(CCCCC2)[C@@]2(C(=O)Sc3cc(Cl)ccc32)[C@H]1c1cccc(Cl)c1F. The molecule has 2 aromatic carbocycles. The lowest BCUT2D eigenvalue weighted by Crippen LogP contribution is -2.59. The third kappa shape index (κ3) is 4.09. The molecule has 2 aromatic rings. The number of hydrogen-bond donors (Lipinski definition) is 2. The zero-order valence-corrected chi connectivity index (χ0v) is 23.5. The van der Waals surface area contributed by atoms with E-state index in [0.29, 0.717) is 29.8 Å². The predicted octanol–water partition coefficient (Wildman–Crippen LogP) is 6.97. The Morgan fingerprint density at radius 2 is 1.82 bits per heavy atom. The molecule has 1 saturated heterocycles. The highest BCUT2D eigenvalue weighted by Gasteiger charge is 2.72. The van der Waals surface area contributed by atoms with Crippen LogP contribution in [0.25, 0.3) is 0 Å². The topological polar surface area (TPSA) is 66.4 Å². The summed E-state index contributed by atoms with van der Waals surface area (Å²) in [6.45, 7) is 0. The van der Waals surface area contributed by atoms with Gasteiger partial charge in [-0.25, -0.2) is 4.39 Å². The summed E-state index contributed by atoms with van der Waals surface area (Å²) in [7, 11) is 0. The molecule has 4 aliphatic rings. The van der Waals surface area contributed by atoms with Crippen LogP contribution in [0.4, 0.5) is 4.39 Å². The van der Waals surface area contributed by atoms with Crippen LogP contribution >= 0.6 is 35.0 Å². The molecule has 0 bridgehead atoms. The van der Waals surface area contributed by atoms with E-state index in [0.717, 1.165) is 55.4 Å². The van der Waals surface area contributed by atoms with Crippen LogP contribution in [0.1, 0.15) is 81.3 Å². The molecule has 6 rings (SSSR count). The van der Waals surface area contributed by atoms with Crippen LogP contribution in [0.5, 0.6) is 0 Å². The Bertz CT molecular complexity index is 1270. The van der Waals surface area contributed by atoms with E-state index < -0.39 is 28.7 Å². The van der Waals surface area contributed by atoms with Gasteiger partial charge in [-0.05, 0) is 73.8 Å². The number of halogens is 3. The van der Waals surface area contributed by atoms with Gasteiger partial charge >= 0.3 is 0 Å². The van der Waals surface area contributed by atoms with E-state index in [2.05, 4.69) is 5.32 Å². The first kappa shape index (κ1) is 26.8. The second-order valence-corrected chi connectivity index (χ2v) is 13.4. The first-order chi connectivity index (χ1) is 18.3. The molecule has 2 aliphatic heterocycles. The molecule has 0 amide bonds. The van der Waals surface area contributed by atoms with E-state index in [1.165, 1.54) is 17.8 Å². The van der Waals surface area contributed by atoms with Gasteiger partial charge in [-0.1, -0.05) is 72.4 Å². The van der Waals surface area contributed by atoms with Gasteiger partial charge in [-0.3, -0.25) is 14.9 Å². The predicted molar refractivity (Wildman–Crippen MR) is 148 cm³/mol. The Hall–Kier alpha value is -1.44. The maximum Gasteiger partial charge on any atom is 0.206 e. The molecule has 4 nitrogen and oxygen atoms in total. The molecular weight excluding hydrogens is 544 g/mol. The number of hydrogen-bond acceptors (Lipinski definition) is 5. The summed E-state index contributed by atoms with van der Waals surface area (Å²) in [6.07, 6.45) is 7.42. The molecule has 2 aliphatic carbocycles. The van der Waals surface area contributed by atoms with Crippen molar-refractivity contribution in [2.45, 2.75) is 98.1 Å². The summed E-state index contributed by atoms with van der Waals surface area (Å²) >= 11 is 13.8. The van der Waals surface area contributed by atoms with E-state index in [1.807, 2.05) is 12.1 Å². The maximum atomic E-state index is 15.9. The van der Waals surface area contributed by atoms with Gasteiger partial charge in [-0.2, -0.15) is 0 Å². The van der Waals surface area contributed by atoms with Crippen LogP contribution in [-0.2, 0) is 15.0 Å². The number of carbonyl (C=O) groups excluding carboxylic acids is 2. The van der Waals surface area contributed by atoms with Gasteiger partial charge in [-0.15, -0.1) is 0 Å². The Morgan fingerprint density at radius 1 is 1.08 bits per heavy atom. The number of benzene rings is 2. The van der Waals surface area contributed by atoms with Crippen molar-refractivity contribution in [1.29, 1.82) is 0 Å². The molecule has 2 saturated carbocycles. The van der Waals surface area contributed by atoms with Crippen LogP contribution in [-0.4, -0.2) is 33.7 Å². The average molecular weight is 577 g/mol. The third-order valence-electron chi connectivity index (χ3n) is 9.56. The fraction of sp³-hybridized carbons (Fsp3) is 0.533. The van der Waals surface area contributed by atoms with E-state index in [-0.39, 0.29) is 27.9 Å². The molecule has 3 fully saturated rings. The van der Waals surface area contributed by atoms with Crippen molar-refractivity contribution < 1.29 is 19.1 Å². The van der Waals surface area contributed by atoms with Crippen LogP contribution in [0.2, 0.25) is 10.0 Å². The van der Waals surface area contributed by atoms with E-state index in [9.17, 15) is 14.7 Å². The fourth-order valence-electron chi connectivity index (χ4n) is 7.88. The quantitative estimate of drug-likeness (QED) is 0.412. The lowest BCUT2D eigenvalue weighted by molar-refractivity contribution is -0.122. The number of fused-ring (bicyclic) bond motifs is 3. The molecule has 2 spiro atoms. The highest BCUT2D eigenvalue weighted by atomic mass is 35.5. The summed E-state index contributed by atoms with van der Waals surface area (Å²) in [4.78, 5) is 29.4. The van der Waals surface area contributed by atoms with Crippen LogP contribution in [0, 0.1) is 11.7 Å². The number of rotatable bonds is 4. The second kappa shape index (κ2) is 10.2. The maximum absolute atomic E-state index is 15.9. The third-order valence-corrected chi connectivity index (χ3v) is 11.1. The number of aliphatic hydroxyl groups excluding tert-OH is 1. The molecule has 202 valence electrons. The van der Waals surface area contributed by atoms with Crippen molar-refractivity contribution in [1.82, 2.24) is 5.32 Å². The lowest BCUT2D eigenvalue weighted by atomic mass is 9.55. The Balaban J connectivity index is 1.53. The fourth-order valence-corrected chi connectivity index (χ4v) is 9.62. The zero-order chi connectivity index (χ0) is 26.7. The number of carbonyl (C=O) groups is 2. The summed E-state index contributed by atoms with van der Waals surface area (Å²) in [5.74, 6) is -1.11. The number of aliphatic hydroxyl groups is 1. The lowest BCUT2D eigenvalue weighted by Gasteiger charge is -2.47. The molecule has 0 aromatic heterocycles. The average Bonchev–Trinajstić information content (AvgIpc) is 3.35. The van der Waals surface area contributed by atoms with Gasteiger partial charge in [0.05, 0.1) is 22.6 Å². The number of Topliss-reactive ketones (excluding diaryl/α,β-unsaturated/α-hetero) is 1. The standard InChI is InChI=1S/C30H32Cl2FNO3S/c31-18-9-12-21-24(16-18)38-28(37)30(21)25(20-5-4-6-22(32)26(20)33)27(34-29(30)13-2-1-3-14-29)23(36)15-17-7-10-19(35)11-8-17/h4-6,9,12,16-17,19,25,27,34-35H,1-3,7-8,10-11,13-15H2/t17?,19?,25-,27-,30+/m0/s1. The largest absolute Gasteiger partial charge is 0.393 e. The Morgan fingerprint density at radius 3 is 2.55 bits per heavy atom. The second-order valence-electron chi connectivity index (χ2n) is 11.6. The summed E-state index contributed by atoms with van der Waals surface area (Å²) < 4.78 is 15.9. The van der Waals surface area contributed by atoms with Crippen molar-refractivity contribution in [2.24, 2.45) is 5.92 Å². The molecule has 38 heavy (non-hydrogen) atoms. The van der Waals surface area contributed by atoms with E-state index in [1.54, 1.807) is 18.2 Å². The summed E-state index contributed by atoms with van der Waals surface area (Å²) in [6, 6.07) is 9.72. The molecule has 2 N–H and O–H groups in total. The first-order valence-electron chi connectivity index (χ1n) is 13.7. The Labute approximate surface area is 237 Å². The van der Waals surface area contributed by atoms with Gasteiger partial charge in [0, 0.05) is 27.8 Å². The minimum Gasteiger partial charge on any atom is -0.393 e. The van der Waals surface area contributed by atoms with Crippen LogP contribution < -0.4 is 5.32 Å². The van der Waals surface area contributed by atoms with Crippen molar-refractivity contribution in [2.75, 3.05) is 0 Å². The van der Waals surface area contributed by atoms with Crippen molar-refractivity contribution >= 4 is 45.9 Å². The van der Waals surface area contributed by atoms with E-state index >= 15 is 4.39 Å². The van der Waals surface area contributed by atoms with Gasteiger partial charge in [0.25, 0.3) is 0 Å². The highest BCUT2D eigenvalue weighted by Crippen LogP contribution is 2.65. The smallest absolute Gasteiger partial charge is 0.206 e. The normalized spacial score (nSPS) is 32.2. The molecule has 0 radical (unpaired) electrons. The van der Waals surface area contributed by atoms with Crippen LogP contribution in [0.3, 0.4) is 0 Å². The van der Waals surface area contributed by atoms with Crippen molar-refractivity contribution in [3.63, 3.8) is 0 Å². The molecule has 2 heterocycles.